The molecule has 0 fully saturated rings. The zero-order valence-electron chi connectivity index (χ0n) is 21.3. The van der Waals surface area contributed by atoms with Gasteiger partial charge in [0.15, 0.2) is 0 Å². The van der Waals surface area contributed by atoms with Crippen LogP contribution in [0, 0.1) is 11.3 Å². The molecule has 1 aliphatic rings. The summed E-state index contributed by atoms with van der Waals surface area (Å²) in [6.07, 6.45) is 0.101. The number of allylic oxidation sites excluding steroid dienone is 1. The fourth-order valence-corrected chi connectivity index (χ4v) is 4.42. The standard InChI is InChI=1S/C32H26N2O5/c1-36-24-11-7-21(8-12-24)17-30(35)38-26-15-16-27-29(18-26)39-32(34)28(19-33)31(27)23-9-13-25(14-10-23)37-20-22-5-3-2-4-6-22/h2-16,18,31H,17,20,34H2,1H3. The van der Waals surface area contributed by atoms with Gasteiger partial charge in [0, 0.05) is 11.6 Å². The van der Waals surface area contributed by atoms with Gasteiger partial charge in [0.1, 0.15) is 41.2 Å². The van der Waals surface area contributed by atoms with E-state index in [2.05, 4.69) is 6.07 Å². The number of nitrogens with zero attached hydrogens (tertiary/aromatic N) is 1. The van der Waals surface area contributed by atoms with Crippen molar-refractivity contribution in [3.8, 4) is 29.1 Å². The first kappa shape index (κ1) is 25.4. The lowest BCUT2D eigenvalue weighted by Gasteiger charge is -2.26. The molecular weight excluding hydrogens is 492 g/mol. The van der Waals surface area contributed by atoms with Crippen LogP contribution < -0.4 is 24.7 Å². The summed E-state index contributed by atoms with van der Waals surface area (Å²) >= 11 is 0. The van der Waals surface area contributed by atoms with Crippen LogP contribution in [0.3, 0.4) is 0 Å². The number of ether oxygens (including phenoxy) is 4. The number of methoxy groups -OCH3 is 1. The SMILES string of the molecule is COc1ccc(CC(=O)Oc2ccc3c(c2)OC(N)=C(C#N)C3c2ccc(OCc3ccccc3)cc2)cc1. The van der Waals surface area contributed by atoms with Crippen molar-refractivity contribution in [3.05, 3.63) is 131 Å². The summed E-state index contributed by atoms with van der Waals surface area (Å²) in [6, 6.07) is 32.0. The van der Waals surface area contributed by atoms with E-state index in [1.54, 1.807) is 37.4 Å². The van der Waals surface area contributed by atoms with Crippen molar-refractivity contribution in [3.63, 3.8) is 0 Å². The number of benzene rings is 4. The third kappa shape index (κ3) is 5.86. The second-order valence-corrected chi connectivity index (χ2v) is 8.97. The zero-order valence-corrected chi connectivity index (χ0v) is 21.3. The number of carbonyl (C=O) groups excluding carboxylic acids is 1. The smallest absolute Gasteiger partial charge is 0.315 e. The van der Waals surface area contributed by atoms with Crippen molar-refractivity contribution in [1.29, 1.82) is 5.26 Å². The Morgan fingerprint density at radius 2 is 1.59 bits per heavy atom. The Hall–Kier alpha value is -5.22. The summed E-state index contributed by atoms with van der Waals surface area (Å²) in [5, 5.41) is 9.86. The van der Waals surface area contributed by atoms with Gasteiger partial charge in [-0.15, -0.1) is 0 Å². The highest BCUT2D eigenvalue weighted by atomic mass is 16.5. The summed E-state index contributed by atoms with van der Waals surface area (Å²) in [5.74, 6) is 1.33. The lowest BCUT2D eigenvalue weighted by molar-refractivity contribution is -0.133. The summed E-state index contributed by atoms with van der Waals surface area (Å²) < 4.78 is 22.4. The first-order valence-electron chi connectivity index (χ1n) is 12.4. The number of nitrogens with two attached hydrogens (primary N) is 1. The molecule has 7 heteroatoms. The first-order chi connectivity index (χ1) is 19.0. The van der Waals surface area contributed by atoms with E-state index < -0.39 is 11.9 Å². The molecule has 0 amide bonds. The predicted molar refractivity (Wildman–Crippen MR) is 145 cm³/mol. The van der Waals surface area contributed by atoms with Gasteiger partial charge in [-0.2, -0.15) is 5.26 Å². The number of esters is 1. The number of hydrogen-bond acceptors (Lipinski definition) is 7. The van der Waals surface area contributed by atoms with Crippen LogP contribution in [0.4, 0.5) is 0 Å². The van der Waals surface area contributed by atoms with E-state index in [9.17, 15) is 10.1 Å². The molecule has 0 aliphatic carbocycles. The molecule has 5 rings (SSSR count). The lowest BCUT2D eigenvalue weighted by atomic mass is 9.83. The monoisotopic (exact) mass is 518 g/mol. The van der Waals surface area contributed by atoms with Gasteiger partial charge in [-0.3, -0.25) is 4.79 Å². The second-order valence-electron chi connectivity index (χ2n) is 8.97. The van der Waals surface area contributed by atoms with Crippen LogP contribution in [0.25, 0.3) is 0 Å². The first-order valence-corrected chi connectivity index (χ1v) is 12.4. The Morgan fingerprint density at radius 1 is 0.897 bits per heavy atom. The van der Waals surface area contributed by atoms with Crippen molar-refractivity contribution in [2.24, 2.45) is 5.73 Å². The van der Waals surface area contributed by atoms with Crippen LogP contribution in [0.15, 0.2) is 109 Å². The quantitative estimate of drug-likeness (QED) is 0.238. The Morgan fingerprint density at radius 3 is 2.28 bits per heavy atom. The molecule has 1 unspecified atom stereocenters. The van der Waals surface area contributed by atoms with Crippen molar-refractivity contribution in [2.75, 3.05) is 7.11 Å². The molecule has 4 aromatic carbocycles. The van der Waals surface area contributed by atoms with Gasteiger partial charge in [-0.05, 0) is 47.0 Å². The minimum absolute atomic E-state index is 0.0149. The van der Waals surface area contributed by atoms with E-state index in [1.165, 1.54) is 0 Å². The van der Waals surface area contributed by atoms with E-state index in [-0.39, 0.29) is 12.3 Å². The van der Waals surface area contributed by atoms with Gasteiger partial charge in [0.2, 0.25) is 5.88 Å². The topological polar surface area (TPSA) is 104 Å². The highest BCUT2D eigenvalue weighted by Crippen LogP contribution is 2.43. The average Bonchev–Trinajstić information content (AvgIpc) is 2.96. The number of rotatable bonds is 8. The van der Waals surface area contributed by atoms with Crippen LogP contribution in [0.2, 0.25) is 0 Å². The third-order valence-corrected chi connectivity index (χ3v) is 6.39. The molecular formula is C32H26N2O5. The van der Waals surface area contributed by atoms with Crippen LogP contribution in [-0.4, -0.2) is 13.1 Å². The molecule has 194 valence electrons. The van der Waals surface area contributed by atoms with Gasteiger partial charge in [-0.25, -0.2) is 0 Å². The molecule has 0 aromatic heterocycles. The van der Waals surface area contributed by atoms with Crippen LogP contribution in [0.5, 0.6) is 23.0 Å². The molecule has 39 heavy (non-hydrogen) atoms. The largest absolute Gasteiger partial charge is 0.497 e. The molecule has 0 saturated heterocycles. The average molecular weight is 519 g/mol. The third-order valence-electron chi connectivity index (χ3n) is 6.39. The number of nitriles is 1. The van der Waals surface area contributed by atoms with E-state index in [4.69, 9.17) is 24.7 Å². The molecule has 7 nitrogen and oxygen atoms in total. The number of fused-ring (bicyclic) bond motifs is 1. The van der Waals surface area contributed by atoms with Gasteiger partial charge >= 0.3 is 5.97 Å². The van der Waals surface area contributed by atoms with Gasteiger partial charge in [-0.1, -0.05) is 60.7 Å². The molecule has 0 bridgehead atoms. The van der Waals surface area contributed by atoms with Crippen LogP contribution in [0.1, 0.15) is 28.2 Å². The van der Waals surface area contributed by atoms with E-state index in [0.717, 1.165) is 22.3 Å². The lowest BCUT2D eigenvalue weighted by Crippen LogP contribution is -2.21. The second kappa shape index (κ2) is 11.4. The fourth-order valence-electron chi connectivity index (χ4n) is 4.42. The van der Waals surface area contributed by atoms with Crippen molar-refractivity contribution in [1.82, 2.24) is 0 Å². The minimum Gasteiger partial charge on any atom is -0.497 e. The van der Waals surface area contributed by atoms with Crippen LogP contribution >= 0.6 is 0 Å². The maximum atomic E-state index is 12.5. The van der Waals surface area contributed by atoms with Crippen LogP contribution in [-0.2, 0) is 17.8 Å². The highest BCUT2D eigenvalue weighted by Gasteiger charge is 2.31. The highest BCUT2D eigenvalue weighted by molar-refractivity contribution is 5.75. The van der Waals surface area contributed by atoms with Crippen molar-refractivity contribution < 1.29 is 23.7 Å². The Kier molecular flexibility index (Phi) is 7.46. The Balaban J connectivity index is 1.33. The molecule has 0 spiro atoms. The molecule has 1 atom stereocenters. The summed E-state index contributed by atoms with van der Waals surface area (Å²) in [4.78, 5) is 12.5. The van der Waals surface area contributed by atoms with Crippen molar-refractivity contribution in [2.45, 2.75) is 18.9 Å². The number of hydrogen-bond donors (Lipinski definition) is 1. The Labute approximate surface area is 226 Å². The molecule has 0 saturated carbocycles. The summed E-state index contributed by atoms with van der Waals surface area (Å²) in [6.45, 7) is 0.455. The summed E-state index contributed by atoms with van der Waals surface area (Å²) in [7, 11) is 1.59. The number of carbonyl (C=O) groups is 1. The maximum absolute atomic E-state index is 12.5. The molecule has 2 N–H and O–H groups in total. The predicted octanol–water partition coefficient (Wildman–Crippen LogP) is 5.64. The van der Waals surface area contributed by atoms with E-state index >= 15 is 0 Å². The molecule has 4 aromatic rings. The van der Waals surface area contributed by atoms with Gasteiger partial charge in [0.05, 0.1) is 19.4 Å². The summed E-state index contributed by atoms with van der Waals surface area (Å²) in [5.41, 5.74) is 9.93. The maximum Gasteiger partial charge on any atom is 0.315 e. The van der Waals surface area contributed by atoms with Gasteiger partial charge in [0.25, 0.3) is 0 Å². The molecule has 0 radical (unpaired) electrons. The van der Waals surface area contributed by atoms with E-state index in [0.29, 0.717) is 35.2 Å². The molecule has 1 heterocycles. The van der Waals surface area contributed by atoms with E-state index in [1.807, 2.05) is 66.7 Å². The fraction of sp³-hybridized carbons (Fsp3) is 0.125. The van der Waals surface area contributed by atoms with Gasteiger partial charge < -0.3 is 24.7 Å². The zero-order chi connectivity index (χ0) is 27.2. The van der Waals surface area contributed by atoms with Crippen molar-refractivity contribution >= 4 is 5.97 Å². The molecule has 1 aliphatic heterocycles. The Bertz CT molecular complexity index is 1540. The minimum atomic E-state index is -0.439. The normalized spacial score (nSPS) is 14.0.